The van der Waals surface area contributed by atoms with Crippen LogP contribution in [0.5, 0.6) is 5.75 Å². The van der Waals surface area contributed by atoms with Gasteiger partial charge >= 0.3 is 0 Å². The Balaban J connectivity index is 2.94. The molecule has 0 amide bonds. The Bertz CT molecular complexity index is 202. The van der Waals surface area contributed by atoms with E-state index in [4.69, 9.17) is 5.11 Å². The predicted octanol–water partition coefficient (Wildman–Crippen LogP) is 1.68. The molecule has 0 bridgehead atoms. The normalized spacial score (nSPS) is 9.44. The number of halogens is 1. The molecular formula is C6H6BrNO. The Kier molecular flexibility index (Phi) is 2.05. The van der Waals surface area contributed by atoms with E-state index in [2.05, 4.69) is 20.9 Å². The molecule has 0 aliphatic carbocycles. The number of nitrogens with zero attached hydrogens (tertiary/aromatic N) is 1. The first-order chi connectivity index (χ1) is 4.33. The zero-order chi connectivity index (χ0) is 6.69. The number of hydrogen-bond donors (Lipinski definition) is 1. The monoisotopic (exact) mass is 187 g/mol. The topological polar surface area (TPSA) is 33.1 Å². The molecule has 0 spiro atoms. The highest BCUT2D eigenvalue weighted by atomic mass is 79.9. The second-order valence-corrected chi connectivity index (χ2v) is 2.25. The summed E-state index contributed by atoms with van der Waals surface area (Å²) in [6.07, 6.45) is 3.11. The molecule has 1 rings (SSSR count). The van der Waals surface area contributed by atoms with Gasteiger partial charge in [-0.2, -0.15) is 0 Å². The van der Waals surface area contributed by atoms with Crippen molar-refractivity contribution in [1.29, 1.82) is 0 Å². The van der Waals surface area contributed by atoms with Gasteiger partial charge in [0.1, 0.15) is 5.75 Å². The third-order valence-corrected chi connectivity index (χ3v) is 1.58. The van der Waals surface area contributed by atoms with Crippen LogP contribution in [0.1, 0.15) is 5.56 Å². The molecule has 1 aromatic heterocycles. The molecule has 48 valence electrons. The van der Waals surface area contributed by atoms with Crippen LogP contribution >= 0.6 is 15.9 Å². The molecule has 1 heterocycles. The molecule has 0 aliphatic rings. The summed E-state index contributed by atoms with van der Waals surface area (Å²) in [5.41, 5.74) is 0.981. The summed E-state index contributed by atoms with van der Waals surface area (Å²) in [5, 5.41) is 9.59. The van der Waals surface area contributed by atoms with Crippen LogP contribution in [-0.2, 0) is 5.33 Å². The first-order valence-corrected chi connectivity index (χ1v) is 3.64. The summed E-state index contributed by atoms with van der Waals surface area (Å²) in [5.74, 6) is 0.215. The fourth-order valence-corrected chi connectivity index (χ4v) is 0.854. The number of aromatic nitrogens is 1. The Morgan fingerprint density at radius 2 is 2.33 bits per heavy atom. The van der Waals surface area contributed by atoms with E-state index in [1.54, 1.807) is 12.3 Å². The minimum Gasteiger partial charge on any atom is -0.506 e. The van der Waals surface area contributed by atoms with Gasteiger partial charge in [0.25, 0.3) is 0 Å². The molecule has 0 saturated carbocycles. The second-order valence-electron chi connectivity index (χ2n) is 1.69. The van der Waals surface area contributed by atoms with Crippen LogP contribution in [0.25, 0.3) is 0 Å². The maximum Gasteiger partial charge on any atom is 0.134 e. The zero-order valence-corrected chi connectivity index (χ0v) is 6.30. The summed E-state index contributed by atoms with van der Waals surface area (Å²) in [4.78, 5) is 3.78. The summed E-state index contributed by atoms with van der Waals surface area (Å²) >= 11 is 3.24. The molecule has 0 aliphatic heterocycles. The van der Waals surface area contributed by atoms with Crippen LogP contribution in [0, 0.1) is 0 Å². The van der Waals surface area contributed by atoms with Crippen LogP contribution < -0.4 is 0 Å². The van der Waals surface area contributed by atoms with Gasteiger partial charge in [-0.15, -0.1) is 0 Å². The zero-order valence-electron chi connectivity index (χ0n) is 4.71. The number of aromatic hydroxyl groups is 1. The van der Waals surface area contributed by atoms with E-state index in [0.717, 1.165) is 10.9 Å². The Morgan fingerprint density at radius 1 is 1.56 bits per heavy atom. The van der Waals surface area contributed by atoms with Crippen molar-refractivity contribution >= 4 is 15.9 Å². The summed E-state index contributed by atoms with van der Waals surface area (Å²) < 4.78 is 0. The van der Waals surface area contributed by atoms with Crippen molar-refractivity contribution < 1.29 is 5.11 Å². The third-order valence-electron chi connectivity index (χ3n) is 0.935. The largest absolute Gasteiger partial charge is 0.506 e. The van der Waals surface area contributed by atoms with Crippen LogP contribution in [0.15, 0.2) is 18.5 Å². The van der Waals surface area contributed by atoms with Crippen molar-refractivity contribution in [2.75, 3.05) is 0 Å². The second kappa shape index (κ2) is 2.82. The highest BCUT2D eigenvalue weighted by Crippen LogP contribution is 2.10. The molecule has 0 radical (unpaired) electrons. The van der Waals surface area contributed by atoms with Gasteiger partial charge in [-0.05, 0) is 11.6 Å². The number of pyridine rings is 1. The molecule has 1 aromatic rings. The SMILES string of the molecule is Oc1cncc(CBr)c1. The van der Waals surface area contributed by atoms with Crippen LogP contribution in [-0.4, -0.2) is 10.1 Å². The molecule has 0 unspecified atom stereocenters. The van der Waals surface area contributed by atoms with Crippen molar-refractivity contribution in [2.24, 2.45) is 0 Å². The smallest absolute Gasteiger partial charge is 0.134 e. The van der Waals surface area contributed by atoms with E-state index in [1.807, 2.05) is 0 Å². The van der Waals surface area contributed by atoms with Gasteiger partial charge in [-0.1, -0.05) is 15.9 Å². The van der Waals surface area contributed by atoms with Crippen molar-refractivity contribution in [3.05, 3.63) is 24.0 Å². The molecule has 1 N–H and O–H groups in total. The average molecular weight is 188 g/mol. The van der Waals surface area contributed by atoms with E-state index in [0.29, 0.717) is 0 Å². The lowest BCUT2D eigenvalue weighted by atomic mass is 10.3. The van der Waals surface area contributed by atoms with E-state index in [-0.39, 0.29) is 5.75 Å². The van der Waals surface area contributed by atoms with Crippen molar-refractivity contribution in [1.82, 2.24) is 4.98 Å². The standard InChI is InChI=1S/C6H6BrNO/c7-2-5-1-6(9)4-8-3-5/h1,3-4,9H,2H2. The van der Waals surface area contributed by atoms with Crippen molar-refractivity contribution in [3.8, 4) is 5.75 Å². The highest BCUT2D eigenvalue weighted by molar-refractivity contribution is 9.08. The first-order valence-electron chi connectivity index (χ1n) is 2.52. The minimum absolute atomic E-state index is 0.215. The first kappa shape index (κ1) is 6.55. The predicted molar refractivity (Wildman–Crippen MR) is 38.5 cm³/mol. The molecule has 0 fully saturated rings. The maximum absolute atomic E-state index is 8.86. The highest BCUT2D eigenvalue weighted by Gasteiger charge is 1.90. The Labute approximate surface area is 61.7 Å². The molecule has 0 atom stereocenters. The van der Waals surface area contributed by atoms with Gasteiger partial charge in [-0.3, -0.25) is 4.98 Å². The molecule has 9 heavy (non-hydrogen) atoms. The van der Waals surface area contributed by atoms with Gasteiger partial charge in [0.2, 0.25) is 0 Å². The van der Waals surface area contributed by atoms with Crippen LogP contribution in [0.3, 0.4) is 0 Å². The molecule has 3 heteroatoms. The van der Waals surface area contributed by atoms with Gasteiger partial charge in [0.15, 0.2) is 0 Å². The minimum atomic E-state index is 0.215. The number of rotatable bonds is 1. The van der Waals surface area contributed by atoms with Crippen LogP contribution in [0.4, 0.5) is 0 Å². The lowest BCUT2D eigenvalue weighted by molar-refractivity contribution is 0.472. The van der Waals surface area contributed by atoms with Crippen LogP contribution in [0.2, 0.25) is 0 Å². The Morgan fingerprint density at radius 3 is 2.78 bits per heavy atom. The van der Waals surface area contributed by atoms with Crippen molar-refractivity contribution in [2.45, 2.75) is 5.33 Å². The maximum atomic E-state index is 8.86. The molecule has 0 saturated heterocycles. The van der Waals surface area contributed by atoms with Gasteiger partial charge in [0, 0.05) is 11.5 Å². The van der Waals surface area contributed by atoms with E-state index in [1.165, 1.54) is 6.20 Å². The van der Waals surface area contributed by atoms with E-state index < -0.39 is 0 Å². The number of hydrogen-bond acceptors (Lipinski definition) is 2. The summed E-state index contributed by atoms with van der Waals surface area (Å²) in [6, 6.07) is 1.67. The quantitative estimate of drug-likeness (QED) is 0.680. The lowest BCUT2D eigenvalue weighted by Crippen LogP contribution is -1.77. The molecular weight excluding hydrogens is 182 g/mol. The summed E-state index contributed by atoms with van der Waals surface area (Å²) in [6.45, 7) is 0. The third kappa shape index (κ3) is 1.68. The number of alkyl halides is 1. The van der Waals surface area contributed by atoms with Gasteiger partial charge in [0.05, 0.1) is 6.20 Å². The van der Waals surface area contributed by atoms with E-state index >= 15 is 0 Å². The van der Waals surface area contributed by atoms with Gasteiger partial charge < -0.3 is 5.11 Å². The fraction of sp³-hybridized carbons (Fsp3) is 0.167. The lowest BCUT2D eigenvalue weighted by Gasteiger charge is -1.92. The van der Waals surface area contributed by atoms with E-state index in [9.17, 15) is 0 Å². The fourth-order valence-electron chi connectivity index (χ4n) is 0.547. The van der Waals surface area contributed by atoms with Crippen molar-refractivity contribution in [3.63, 3.8) is 0 Å². The average Bonchev–Trinajstić information content (AvgIpc) is 1.88. The molecule has 2 nitrogen and oxygen atoms in total. The van der Waals surface area contributed by atoms with Gasteiger partial charge in [-0.25, -0.2) is 0 Å². The Hall–Kier alpha value is -0.570. The molecule has 0 aromatic carbocycles. The summed E-state index contributed by atoms with van der Waals surface area (Å²) in [7, 11) is 0.